The van der Waals surface area contributed by atoms with Crippen molar-refractivity contribution in [3.63, 3.8) is 0 Å². The van der Waals surface area contributed by atoms with Gasteiger partial charge in [0.15, 0.2) is 0 Å². The number of methoxy groups -OCH3 is 2. The number of benzene rings is 2. The zero-order valence-electron chi connectivity index (χ0n) is 30.2. The Kier molecular flexibility index (Phi) is 12.8. The number of hydrogen-bond acceptors (Lipinski definition) is 10. The van der Waals surface area contributed by atoms with Crippen molar-refractivity contribution in [1.29, 1.82) is 0 Å². The quantitative estimate of drug-likeness (QED) is 0.0987. The molecule has 0 bridgehead atoms. The molecule has 2 fully saturated rings. The number of nitrogens with one attached hydrogen (secondary N) is 2. The molecule has 278 valence electrons. The van der Waals surface area contributed by atoms with Crippen molar-refractivity contribution in [2.45, 2.75) is 103 Å². The second-order valence-electron chi connectivity index (χ2n) is 13.6. The predicted molar refractivity (Wildman–Crippen MR) is 203 cm³/mol. The molecule has 2 aromatic carbocycles. The third kappa shape index (κ3) is 8.76. The van der Waals surface area contributed by atoms with Crippen LogP contribution in [0, 0.1) is 13.8 Å². The first kappa shape index (κ1) is 38.1. The number of aliphatic hydroxyl groups excluding tert-OH is 2. The summed E-state index contributed by atoms with van der Waals surface area (Å²) in [5.74, 6) is 1.46. The van der Waals surface area contributed by atoms with Crippen LogP contribution in [0.1, 0.15) is 71.9 Å². The van der Waals surface area contributed by atoms with Gasteiger partial charge in [0.1, 0.15) is 23.3 Å². The lowest BCUT2D eigenvalue weighted by atomic mass is 9.92. The molecule has 0 aliphatic heterocycles. The van der Waals surface area contributed by atoms with E-state index in [1.165, 1.54) is 0 Å². The normalized spacial score (nSPS) is 19.9. The molecule has 0 unspecified atom stereocenters. The van der Waals surface area contributed by atoms with Crippen LogP contribution in [-0.2, 0) is 26.3 Å². The van der Waals surface area contributed by atoms with Crippen LogP contribution in [0.25, 0.3) is 11.1 Å². The Morgan fingerprint density at radius 2 is 1.06 bits per heavy atom. The second-order valence-corrected chi connectivity index (χ2v) is 14.4. The Hall–Kier alpha value is -3.64. The van der Waals surface area contributed by atoms with Gasteiger partial charge >= 0.3 is 0 Å². The summed E-state index contributed by atoms with van der Waals surface area (Å²) < 4.78 is 23.5. The molecule has 4 aromatic rings. The summed E-state index contributed by atoms with van der Waals surface area (Å²) in [6, 6.07) is 16.0. The Bertz CT molecular complexity index is 1730. The molecule has 0 amide bonds. The minimum atomic E-state index is -0.341. The maximum absolute atomic E-state index is 10.2. The highest BCUT2D eigenvalue weighted by atomic mass is 35.5. The molecule has 12 heteroatoms. The van der Waals surface area contributed by atoms with Crippen LogP contribution in [0.15, 0.2) is 48.5 Å². The lowest BCUT2D eigenvalue weighted by Crippen LogP contribution is -2.35. The molecule has 2 saturated carbocycles. The zero-order chi connectivity index (χ0) is 36.8. The van der Waals surface area contributed by atoms with Gasteiger partial charge in [0.25, 0.3) is 0 Å². The molecular weight excluding hydrogens is 703 g/mol. The summed E-state index contributed by atoms with van der Waals surface area (Å²) in [5, 5.41) is 28.0. The van der Waals surface area contributed by atoms with Crippen molar-refractivity contribution in [2.75, 3.05) is 14.2 Å². The highest BCUT2D eigenvalue weighted by Gasteiger charge is 2.26. The first-order valence-electron chi connectivity index (χ1n) is 17.9. The largest absolute Gasteiger partial charge is 0.481 e. The van der Waals surface area contributed by atoms with Gasteiger partial charge in [0.2, 0.25) is 23.5 Å². The van der Waals surface area contributed by atoms with Gasteiger partial charge in [-0.25, -0.2) is 0 Å². The monoisotopic (exact) mass is 750 g/mol. The second kappa shape index (κ2) is 17.5. The van der Waals surface area contributed by atoms with Crippen molar-refractivity contribution in [1.82, 2.24) is 20.6 Å². The Labute approximate surface area is 315 Å². The standard InChI is InChI=1S/C40H48Cl2N4O6/c1-23-25(21-51-39-31(41)17-27(37(45-39)49-3)19-43-33-13-7-15-35(33)47)9-5-11-29(23)30-12-6-10-26(24(30)2)22-52-40-32(42)18-28(38(46-40)50-4)20-44-34-14-8-16-36(34)48/h5-6,9-12,17-18,33-36,43-44,47-48H,7-8,13-16,19-22H2,1-4H3/t33-,34-,35+,36+/m0/s1. The van der Waals surface area contributed by atoms with Crippen LogP contribution in [0.4, 0.5) is 0 Å². The van der Waals surface area contributed by atoms with E-state index in [0.29, 0.717) is 46.7 Å². The highest BCUT2D eigenvalue weighted by molar-refractivity contribution is 6.32. The summed E-state index contributed by atoms with van der Waals surface area (Å²) in [7, 11) is 3.15. The average Bonchev–Trinajstić information content (AvgIpc) is 3.76. The lowest BCUT2D eigenvalue weighted by molar-refractivity contribution is 0.148. The SMILES string of the molecule is COc1nc(OCc2cccc(-c3cccc(COc4nc(OC)c(CN[C@H]5CCC[C@H]5O)cc4Cl)c3C)c2C)c(Cl)cc1CN[C@H]1CCC[C@H]1O. The van der Waals surface area contributed by atoms with Crippen molar-refractivity contribution in [3.05, 3.63) is 92.0 Å². The maximum Gasteiger partial charge on any atom is 0.236 e. The zero-order valence-corrected chi connectivity index (χ0v) is 31.7. The van der Waals surface area contributed by atoms with E-state index in [1.54, 1.807) is 14.2 Å². The first-order valence-corrected chi connectivity index (χ1v) is 18.6. The molecule has 10 nitrogen and oxygen atoms in total. The molecule has 6 rings (SSSR count). The van der Waals surface area contributed by atoms with E-state index in [0.717, 1.165) is 83.0 Å². The summed E-state index contributed by atoms with van der Waals surface area (Å²) in [4.78, 5) is 9.15. The Morgan fingerprint density at radius 1 is 0.635 bits per heavy atom. The van der Waals surface area contributed by atoms with Crippen LogP contribution in [0.3, 0.4) is 0 Å². The number of halogens is 2. The van der Waals surface area contributed by atoms with Gasteiger partial charge in [-0.15, -0.1) is 0 Å². The molecule has 4 atom stereocenters. The Morgan fingerprint density at radius 3 is 1.42 bits per heavy atom. The fourth-order valence-corrected chi connectivity index (χ4v) is 7.65. The van der Waals surface area contributed by atoms with E-state index in [-0.39, 0.29) is 37.5 Å². The van der Waals surface area contributed by atoms with Crippen molar-refractivity contribution >= 4 is 23.2 Å². The van der Waals surface area contributed by atoms with Gasteiger partial charge in [-0.05, 0) is 97.9 Å². The van der Waals surface area contributed by atoms with Crippen LogP contribution in [0.5, 0.6) is 23.5 Å². The molecule has 0 radical (unpaired) electrons. The van der Waals surface area contributed by atoms with Gasteiger partial charge in [-0.3, -0.25) is 0 Å². The molecule has 0 saturated heterocycles. The van der Waals surface area contributed by atoms with Gasteiger partial charge in [0, 0.05) is 36.3 Å². The third-order valence-corrected chi connectivity index (χ3v) is 10.9. The van der Waals surface area contributed by atoms with E-state index in [2.05, 4.69) is 46.6 Å². The van der Waals surface area contributed by atoms with E-state index in [9.17, 15) is 10.2 Å². The summed E-state index contributed by atoms with van der Waals surface area (Å²) in [5.41, 5.74) is 7.91. The smallest absolute Gasteiger partial charge is 0.236 e. The minimum absolute atomic E-state index is 0.0507. The maximum atomic E-state index is 10.2. The van der Waals surface area contributed by atoms with Crippen LogP contribution in [-0.4, -0.2) is 58.7 Å². The number of rotatable bonds is 15. The van der Waals surface area contributed by atoms with Crippen LogP contribution in [0.2, 0.25) is 10.0 Å². The molecule has 2 aliphatic rings. The van der Waals surface area contributed by atoms with Crippen molar-refractivity contribution < 1.29 is 29.2 Å². The number of pyridine rings is 2. The van der Waals surface area contributed by atoms with Crippen molar-refractivity contribution in [2.24, 2.45) is 0 Å². The summed E-state index contributed by atoms with van der Waals surface area (Å²) in [6.45, 7) is 5.66. The van der Waals surface area contributed by atoms with E-state index < -0.39 is 0 Å². The predicted octanol–water partition coefficient (Wildman–Crippen LogP) is 7.25. The summed E-state index contributed by atoms with van der Waals surface area (Å²) in [6.07, 6.45) is 4.82. The van der Waals surface area contributed by atoms with Crippen LogP contribution < -0.4 is 29.6 Å². The van der Waals surface area contributed by atoms with Crippen molar-refractivity contribution in [3.8, 4) is 34.6 Å². The van der Waals surface area contributed by atoms with E-state index in [4.69, 9.17) is 42.1 Å². The number of ether oxygens (including phenoxy) is 4. The number of aromatic nitrogens is 2. The summed E-state index contributed by atoms with van der Waals surface area (Å²) >= 11 is 13.3. The fraction of sp³-hybridized carbons (Fsp3) is 0.450. The molecule has 2 aliphatic carbocycles. The van der Waals surface area contributed by atoms with Gasteiger partial charge in [-0.2, -0.15) is 9.97 Å². The highest BCUT2D eigenvalue weighted by Crippen LogP contribution is 2.35. The average molecular weight is 752 g/mol. The molecule has 2 heterocycles. The molecular formula is C40H48Cl2N4O6. The molecule has 2 aromatic heterocycles. The third-order valence-electron chi connectivity index (χ3n) is 10.3. The van der Waals surface area contributed by atoms with E-state index >= 15 is 0 Å². The minimum Gasteiger partial charge on any atom is -0.481 e. The molecule has 0 spiro atoms. The molecule has 4 N–H and O–H groups in total. The van der Waals surface area contributed by atoms with Gasteiger partial charge in [0.05, 0.1) is 26.4 Å². The number of aliphatic hydroxyl groups is 2. The fourth-order valence-electron chi connectivity index (χ4n) is 7.19. The first-order chi connectivity index (χ1) is 25.2. The molecule has 52 heavy (non-hydrogen) atoms. The number of nitrogens with zero attached hydrogens (tertiary/aromatic N) is 2. The topological polar surface area (TPSA) is 127 Å². The number of hydrogen-bond donors (Lipinski definition) is 4. The lowest BCUT2D eigenvalue weighted by Gasteiger charge is -2.19. The Balaban J connectivity index is 1.12. The van der Waals surface area contributed by atoms with Gasteiger partial charge < -0.3 is 39.8 Å². The van der Waals surface area contributed by atoms with Gasteiger partial charge in [-0.1, -0.05) is 59.6 Å². The van der Waals surface area contributed by atoms with Crippen LogP contribution >= 0.6 is 23.2 Å². The van der Waals surface area contributed by atoms with E-state index in [1.807, 2.05) is 36.4 Å².